The van der Waals surface area contributed by atoms with Gasteiger partial charge in [-0.05, 0) is 51.0 Å². The molecule has 0 spiro atoms. The smallest absolute Gasteiger partial charge is 0.355 e. The summed E-state index contributed by atoms with van der Waals surface area (Å²) in [6.45, 7) is 14.1. The van der Waals surface area contributed by atoms with Crippen molar-refractivity contribution >= 4 is 25.8 Å². The van der Waals surface area contributed by atoms with Gasteiger partial charge in [0.15, 0.2) is 8.32 Å². The Morgan fingerprint density at radius 3 is 2.71 bits per heavy atom. The lowest BCUT2D eigenvalue weighted by atomic mass is 9.82. The number of rotatable bonds is 7. The maximum atomic E-state index is 13.0. The molecule has 0 unspecified atom stereocenters. The lowest BCUT2D eigenvalue weighted by Gasteiger charge is -2.47. The summed E-state index contributed by atoms with van der Waals surface area (Å²) in [7, 11) is -1.77. The minimum absolute atomic E-state index is 0.0519. The first kappa shape index (κ1) is 20.5. The molecule has 1 aromatic rings. The zero-order chi connectivity index (χ0) is 20.6. The molecule has 2 aliphatic rings. The van der Waals surface area contributed by atoms with E-state index in [1.165, 1.54) is 6.08 Å². The van der Waals surface area contributed by atoms with Gasteiger partial charge in [0.25, 0.3) is 0 Å². The molecule has 3 atom stereocenters. The van der Waals surface area contributed by atoms with Gasteiger partial charge in [0.2, 0.25) is 5.91 Å². The van der Waals surface area contributed by atoms with E-state index >= 15 is 0 Å². The standard InChI is InChI=1S/C22H29NO4Si/c1-7-11-26-22(25)20-17(16-10-8-9-14(2)12-16)13-18-19(21(24)23(18)20)15(3)27-28(4,5)6/h7-10,12,15,18-19H,1,11,13H2,2-6H3/t15-,18-,19-/m1/s1. The molecule has 0 aromatic heterocycles. The van der Waals surface area contributed by atoms with Crippen molar-refractivity contribution in [2.24, 2.45) is 5.92 Å². The average molecular weight is 400 g/mol. The SMILES string of the molecule is C=CCOC(=O)C1=C(c2cccc(C)c2)C[C@@H]2[C@@H]([C@@H](C)O[Si](C)(C)C)C(=O)N12. The lowest BCUT2D eigenvalue weighted by Crippen LogP contribution is -2.63. The zero-order valence-corrected chi connectivity index (χ0v) is 18.3. The van der Waals surface area contributed by atoms with Gasteiger partial charge in [0.05, 0.1) is 18.1 Å². The van der Waals surface area contributed by atoms with E-state index in [1.807, 2.05) is 38.1 Å². The van der Waals surface area contributed by atoms with Crippen LogP contribution in [0.2, 0.25) is 19.6 Å². The van der Waals surface area contributed by atoms with Crippen molar-refractivity contribution in [2.45, 2.75) is 52.1 Å². The van der Waals surface area contributed by atoms with E-state index < -0.39 is 14.3 Å². The van der Waals surface area contributed by atoms with Crippen LogP contribution in [0.5, 0.6) is 0 Å². The van der Waals surface area contributed by atoms with Crippen LogP contribution in [0, 0.1) is 12.8 Å². The summed E-state index contributed by atoms with van der Waals surface area (Å²) in [4.78, 5) is 27.4. The van der Waals surface area contributed by atoms with Crippen LogP contribution in [0.1, 0.15) is 24.5 Å². The first-order chi connectivity index (χ1) is 13.1. The van der Waals surface area contributed by atoms with Gasteiger partial charge in [-0.25, -0.2) is 4.79 Å². The van der Waals surface area contributed by atoms with Crippen LogP contribution in [0.4, 0.5) is 0 Å². The minimum Gasteiger partial charge on any atom is -0.457 e. The summed E-state index contributed by atoms with van der Waals surface area (Å²) in [6, 6.07) is 7.96. The maximum Gasteiger partial charge on any atom is 0.355 e. The van der Waals surface area contributed by atoms with Crippen molar-refractivity contribution in [2.75, 3.05) is 6.61 Å². The Bertz CT molecular complexity index is 839. The summed E-state index contributed by atoms with van der Waals surface area (Å²) in [6.07, 6.45) is 2.00. The second-order valence-corrected chi connectivity index (χ2v) is 13.0. The molecule has 150 valence electrons. The summed E-state index contributed by atoms with van der Waals surface area (Å²) in [5.41, 5.74) is 3.32. The molecule has 0 aliphatic carbocycles. The van der Waals surface area contributed by atoms with Crippen LogP contribution in [-0.2, 0) is 18.8 Å². The number of benzene rings is 1. The molecule has 0 saturated carbocycles. The Morgan fingerprint density at radius 2 is 2.11 bits per heavy atom. The Morgan fingerprint density at radius 1 is 1.39 bits per heavy atom. The van der Waals surface area contributed by atoms with Gasteiger partial charge in [-0.2, -0.15) is 0 Å². The first-order valence-corrected chi connectivity index (χ1v) is 13.1. The van der Waals surface area contributed by atoms with E-state index in [0.29, 0.717) is 12.1 Å². The van der Waals surface area contributed by atoms with E-state index in [1.54, 1.807) is 4.90 Å². The first-order valence-electron chi connectivity index (χ1n) is 9.73. The van der Waals surface area contributed by atoms with Crippen LogP contribution in [0.15, 0.2) is 42.6 Å². The average Bonchev–Trinajstić information content (AvgIpc) is 2.93. The minimum atomic E-state index is -1.77. The quantitative estimate of drug-likeness (QED) is 0.302. The number of carbonyl (C=O) groups excluding carboxylic acids is 2. The van der Waals surface area contributed by atoms with Crippen LogP contribution in [-0.4, -0.2) is 43.8 Å². The molecule has 5 nitrogen and oxygen atoms in total. The number of amides is 1. The second-order valence-electron chi connectivity index (χ2n) is 8.52. The fourth-order valence-corrected chi connectivity index (χ4v) is 5.43. The molecular formula is C22H29NO4Si. The number of aryl methyl sites for hydroxylation is 1. The third-order valence-electron chi connectivity index (χ3n) is 5.15. The van der Waals surface area contributed by atoms with Crippen molar-refractivity contribution in [3.05, 3.63) is 53.7 Å². The highest BCUT2D eigenvalue weighted by atomic mass is 28.4. The molecule has 6 heteroatoms. The van der Waals surface area contributed by atoms with E-state index in [0.717, 1.165) is 16.7 Å². The van der Waals surface area contributed by atoms with Crippen molar-refractivity contribution < 1.29 is 18.8 Å². The Kier molecular flexibility index (Phi) is 5.64. The number of hydrogen-bond acceptors (Lipinski definition) is 4. The van der Waals surface area contributed by atoms with Gasteiger partial charge < -0.3 is 14.1 Å². The predicted molar refractivity (Wildman–Crippen MR) is 112 cm³/mol. The van der Waals surface area contributed by atoms with Crippen LogP contribution in [0.3, 0.4) is 0 Å². The zero-order valence-electron chi connectivity index (χ0n) is 17.3. The van der Waals surface area contributed by atoms with Crippen molar-refractivity contribution in [1.29, 1.82) is 0 Å². The molecule has 28 heavy (non-hydrogen) atoms. The number of nitrogens with zero attached hydrogens (tertiary/aromatic N) is 1. The molecule has 2 heterocycles. The number of fused-ring (bicyclic) bond motifs is 1. The topological polar surface area (TPSA) is 55.8 Å². The van der Waals surface area contributed by atoms with Crippen molar-refractivity contribution in [3.63, 3.8) is 0 Å². The van der Waals surface area contributed by atoms with E-state index in [-0.39, 0.29) is 30.6 Å². The molecule has 0 N–H and O–H groups in total. The third kappa shape index (κ3) is 3.84. The molecular weight excluding hydrogens is 370 g/mol. The van der Waals surface area contributed by atoms with E-state index in [9.17, 15) is 9.59 Å². The molecule has 1 amide bonds. The highest BCUT2D eigenvalue weighted by Gasteiger charge is 2.57. The van der Waals surface area contributed by atoms with Gasteiger partial charge in [-0.15, -0.1) is 0 Å². The predicted octanol–water partition coefficient (Wildman–Crippen LogP) is 3.91. The molecule has 0 radical (unpaired) electrons. The van der Waals surface area contributed by atoms with Crippen molar-refractivity contribution in [1.82, 2.24) is 4.90 Å². The Labute approximate surface area is 168 Å². The fraction of sp³-hybridized carbons (Fsp3) is 0.455. The van der Waals surface area contributed by atoms with Gasteiger partial charge in [0.1, 0.15) is 12.3 Å². The molecule has 0 bridgehead atoms. The van der Waals surface area contributed by atoms with Crippen LogP contribution >= 0.6 is 0 Å². The number of β-lactam (4-membered cyclic amide) rings is 1. The fourth-order valence-electron chi connectivity index (χ4n) is 4.17. The Balaban J connectivity index is 1.93. The van der Waals surface area contributed by atoms with E-state index in [2.05, 4.69) is 26.2 Å². The van der Waals surface area contributed by atoms with Gasteiger partial charge in [-0.3, -0.25) is 4.79 Å². The maximum absolute atomic E-state index is 13.0. The third-order valence-corrected chi connectivity index (χ3v) is 6.23. The van der Waals surface area contributed by atoms with Gasteiger partial charge in [0, 0.05) is 0 Å². The van der Waals surface area contributed by atoms with Crippen LogP contribution in [0.25, 0.3) is 5.57 Å². The second kappa shape index (κ2) is 7.68. The summed E-state index contributed by atoms with van der Waals surface area (Å²) >= 11 is 0. The lowest BCUT2D eigenvalue weighted by molar-refractivity contribution is -0.161. The van der Waals surface area contributed by atoms with Gasteiger partial charge in [-0.1, -0.05) is 42.5 Å². The summed E-state index contributed by atoms with van der Waals surface area (Å²) in [5.74, 6) is -0.746. The molecule has 1 saturated heterocycles. The molecule has 1 fully saturated rings. The molecule has 2 aliphatic heterocycles. The summed E-state index contributed by atoms with van der Waals surface area (Å²) < 4.78 is 11.5. The number of carbonyl (C=O) groups is 2. The van der Waals surface area contributed by atoms with E-state index in [4.69, 9.17) is 9.16 Å². The highest BCUT2D eigenvalue weighted by molar-refractivity contribution is 6.69. The normalized spacial score (nSPS) is 22.6. The number of ether oxygens (including phenoxy) is 1. The molecule has 1 aromatic carbocycles. The van der Waals surface area contributed by atoms with Crippen LogP contribution < -0.4 is 0 Å². The number of hydrogen-bond donors (Lipinski definition) is 0. The highest BCUT2D eigenvalue weighted by Crippen LogP contribution is 2.48. The number of esters is 1. The van der Waals surface area contributed by atoms with Crippen molar-refractivity contribution in [3.8, 4) is 0 Å². The molecule has 3 rings (SSSR count). The summed E-state index contributed by atoms with van der Waals surface area (Å²) in [5, 5.41) is 0. The van der Waals surface area contributed by atoms with Gasteiger partial charge >= 0.3 is 5.97 Å². The Hall–Kier alpha value is -2.18. The largest absolute Gasteiger partial charge is 0.457 e. The monoisotopic (exact) mass is 399 g/mol.